The Hall–Kier alpha value is -0.590. The summed E-state index contributed by atoms with van der Waals surface area (Å²) >= 11 is 0. The standard InChI is InChI=1S/C19H32O/c1-14(8-6-12-18(2,3)4)15-10-11-16-17(20)9-7-13-19(15,16)5/h16H,6-13H2,1-5H3/b15-14-. The predicted molar refractivity (Wildman–Crippen MR) is 85.7 cm³/mol. The van der Waals surface area contributed by atoms with Crippen molar-refractivity contribution >= 4 is 5.78 Å². The number of hydrogen-bond acceptors (Lipinski definition) is 1. The van der Waals surface area contributed by atoms with Crippen molar-refractivity contribution in [3.05, 3.63) is 11.1 Å². The Balaban J connectivity index is 2.07. The van der Waals surface area contributed by atoms with Crippen LogP contribution >= 0.6 is 0 Å². The first-order valence-electron chi connectivity index (χ1n) is 8.46. The Morgan fingerprint density at radius 2 is 2.00 bits per heavy atom. The van der Waals surface area contributed by atoms with Crippen LogP contribution in [0.4, 0.5) is 0 Å². The van der Waals surface area contributed by atoms with Crippen molar-refractivity contribution in [2.75, 3.05) is 0 Å². The summed E-state index contributed by atoms with van der Waals surface area (Å²) in [4.78, 5) is 12.2. The van der Waals surface area contributed by atoms with Crippen molar-refractivity contribution in [1.82, 2.24) is 0 Å². The fraction of sp³-hybridized carbons (Fsp3) is 0.842. The van der Waals surface area contributed by atoms with Crippen molar-refractivity contribution < 1.29 is 4.79 Å². The number of carbonyl (C=O) groups is 1. The van der Waals surface area contributed by atoms with Crippen molar-refractivity contribution in [2.24, 2.45) is 16.7 Å². The number of carbonyl (C=O) groups excluding carboxylic acids is 1. The summed E-state index contributed by atoms with van der Waals surface area (Å²) in [5, 5.41) is 0. The van der Waals surface area contributed by atoms with Crippen molar-refractivity contribution in [3.8, 4) is 0 Å². The molecule has 0 aromatic heterocycles. The molecule has 0 bridgehead atoms. The van der Waals surface area contributed by atoms with Gasteiger partial charge in [-0.25, -0.2) is 0 Å². The number of allylic oxidation sites excluding steroid dienone is 2. The maximum absolute atomic E-state index is 12.2. The average molecular weight is 276 g/mol. The largest absolute Gasteiger partial charge is 0.299 e. The molecule has 114 valence electrons. The minimum Gasteiger partial charge on any atom is -0.299 e. The van der Waals surface area contributed by atoms with Gasteiger partial charge in [0.25, 0.3) is 0 Å². The highest BCUT2D eigenvalue weighted by Gasteiger charge is 2.48. The number of rotatable bonds is 3. The molecule has 0 radical (unpaired) electrons. The van der Waals surface area contributed by atoms with Crippen molar-refractivity contribution in [3.63, 3.8) is 0 Å². The van der Waals surface area contributed by atoms with Gasteiger partial charge in [-0.2, -0.15) is 0 Å². The lowest BCUT2D eigenvalue weighted by atomic mass is 9.66. The third-order valence-corrected chi connectivity index (χ3v) is 5.64. The number of Topliss-reactive ketones (excluding diaryl/α,β-unsaturated/α-hetero) is 1. The van der Waals surface area contributed by atoms with E-state index in [-0.39, 0.29) is 5.41 Å². The Bertz CT molecular complexity index is 410. The highest BCUT2D eigenvalue weighted by molar-refractivity contribution is 5.84. The molecule has 2 saturated carbocycles. The van der Waals surface area contributed by atoms with Gasteiger partial charge >= 0.3 is 0 Å². The van der Waals surface area contributed by atoms with E-state index in [9.17, 15) is 4.79 Å². The van der Waals surface area contributed by atoms with Crippen molar-refractivity contribution in [2.45, 2.75) is 86.0 Å². The second-order valence-electron chi connectivity index (χ2n) is 8.50. The topological polar surface area (TPSA) is 17.1 Å². The number of ketones is 1. The monoisotopic (exact) mass is 276 g/mol. The molecule has 0 heterocycles. The predicted octanol–water partition coefficient (Wildman–Crippen LogP) is 5.69. The molecular formula is C19H32O. The molecule has 2 fully saturated rings. The Morgan fingerprint density at radius 1 is 1.30 bits per heavy atom. The molecule has 20 heavy (non-hydrogen) atoms. The molecule has 0 aromatic rings. The molecule has 1 nitrogen and oxygen atoms in total. The minimum atomic E-state index is 0.209. The molecule has 1 heteroatoms. The molecule has 0 N–H and O–H groups in total. The zero-order chi connectivity index (χ0) is 15.0. The molecule has 0 aromatic carbocycles. The molecule has 2 rings (SSSR count). The summed E-state index contributed by atoms with van der Waals surface area (Å²) in [6.07, 6.45) is 9.25. The molecule has 2 unspecified atom stereocenters. The van der Waals surface area contributed by atoms with Gasteiger partial charge < -0.3 is 0 Å². The third-order valence-electron chi connectivity index (χ3n) is 5.64. The Labute approximate surface area is 125 Å². The quantitative estimate of drug-likeness (QED) is 0.605. The molecule has 2 aliphatic carbocycles. The summed E-state index contributed by atoms with van der Waals surface area (Å²) in [7, 11) is 0. The minimum absolute atomic E-state index is 0.209. The van der Waals surface area contributed by atoms with Crippen LogP contribution in [0.3, 0.4) is 0 Å². The van der Waals surface area contributed by atoms with E-state index in [1.807, 2.05) is 0 Å². The summed E-state index contributed by atoms with van der Waals surface area (Å²) < 4.78 is 0. The smallest absolute Gasteiger partial charge is 0.136 e. The summed E-state index contributed by atoms with van der Waals surface area (Å²) in [6.45, 7) is 11.7. The number of fused-ring (bicyclic) bond motifs is 1. The van der Waals surface area contributed by atoms with Crippen LogP contribution in [0.1, 0.15) is 86.0 Å². The lowest BCUT2D eigenvalue weighted by molar-refractivity contribution is -0.127. The van der Waals surface area contributed by atoms with Gasteiger partial charge in [-0.3, -0.25) is 4.79 Å². The molecule has 2 aliphatic rings. The van der Waals surface area contributed by atoms with E-state index in [0.717, 1.165) is 19.3 Å². The fourth-order valence-electron chi connectivity index (χ4n) is 4.48. The van der Waals surface area contributed by atoms with E-state index in [2.05, 4.69) is 34.6 Å². The van der Waals surface area contributed by atoms with Gasteiger partial charge in [-0.15, -0.1) is 0 Å². The zero-order valence-electron chi connectivity index (χ0n) is 14.1. The maximum atomic E-state index is 12.2. The molecular weight excluding hydrogens is 244 g/mol. The van der Waals surface area contributed by atoms with Crippen LogP contribution in [0.25, 0.3) is 0 Å². The molecule has 2 atom stereocenters. The first kappa shape index (κ1) is 15.8. The van der Waals surface area contributed by atoms with Crippen LogP contribution in [0.2, 0.25) is 0 Å². The van der Waals surface area contributed by atoms with Crippen LogP contribution in [-0.4, -0.2) is 5.78 Å². The van der Waals surface area contributed by atoms with E-state index < -0.39 is 0 Å². The van der Waals surface area contributed by atoms with Gasteiger partial charge in [0.2, 0.25) is 0 Å². The average Bonchev–Trinajstić information content (AvgIpc) is 2.66. The third kappa shape index (κ3) is 3.18. The fourth-order valence-corrected chi connectivity index (χ4v) is 4.48. The Kier molecular flexibility index (Phi) is 4.47. The van der Waals surface area contributed by atoms with Crippen LogP contribution in [-0.2, 0) is 4.79 Å². The van der Waals surface area contributed by atoms with Crippen LogP contribution in [0.15, 0.2) is 11.1 Å². The highest BCUT2D eigenvalue weighted by atomic mass is 16.1. The molecule has 0 spiro atoms. The van der Waals surface area contributed by atoms with Crippen LogP contribution in [0, 0.1) is 16.7 Å². The Morgan fingerprint density at radius 3 is 2.65 bits per heavy atom. The highest BCUT2D eigenvalue weighted by Crippen LogP contribution is 2.55. The maximum Gasteiger partial charge on any atom is 0.136 e. The normalized spacial score (nSPS) is 33.2. The molecule has 0 saturated heterocycles. The summed E-state index contributed by atoms with van der Waals surface area (Å²) in [5.74, 6) is 0.875. The molecule has 0 aliphatic heterocycles. The summed E-state index contributed by atoms with van der Waals surface area (Å²) in [6, 6.07) is 0. The summed E-state index contributed by atoms with van der Waals surface area (Å²) in [5.41, 5.74) is 3.88. The zero-order valence-corrected chi connectivity index (χ0v) is 14.1. The van der Waals surface area contributed by atoms with Gasteiger partial charge in [0.1, 0.15) is 5.78 Å². The van der Waals surface area contributed by atoms with Gasteiger partial charge in [-0.05, 0) is 62.7 Å². The van der Waals surface area contributed by atoms with Crippen LogP contribution < -0.4 is 0 Å². The van der Waals surface area contributed by atoms with Gasteiger partial charge in [-0.1, -0.05) is 38.8 Å². The SMILES string of the molecule is C/C(CCCC(C)(C)C)=C1\CCC2C(=O)CCCC12C. The van der Waals surface area contributed by atoms with Crippen molar-refractivity contribution in [1.29, 1.82) is 0 Å². The van der Waals surface area contributed by atoms with Gasteiger partial charge in [0.05, 0.1) is 0 Å². The first-order valence-corrected chi connectivity index (χ1v) is 8.46. The van der Waals surface area contributed by atoms with E-state index >= 15 is 0 Å². The number of hydrogen-bond donors (Lipinski definition) is 0. The van der Waals surface area contributed by atoms with E-state index in [1.54, 1.807) is 11.1 Å². The first-order chi connectivity index (χ1) is 9.24. The van der Waals surface area contributed by atoms with Crippen LogP contribution in [0.5, 0.6) is 0 Å². The lowest BCUT2D eigenvalue weighted by Crippen LogP contribution is -2.34. The van der Waals surface area contributed by atoms with E-state index in [1.165, 1.54) is 32.1 Å². The van der Waals surface area contributed by atoms with E-state index in [0.29, 0.717) is 17.1 Å². The second kappa shape index (κ2) is 5.66. The second-order valence-corrected chi connectivity index (χ2v) is 8.50. The van der Waals surface area contributed by atoms with Gasteiger partial charge in [0, 0.05) is 12.3 Å². The lowest BCUT2D eigenvalue weighted by Gasteiger charge is -2.37. The molecule has 0 amide bonds. The van der Waals surface area contributed by atoms with E-state index in [4.69, 9.17) is 0 Å². The van der Waals surface area contributed by atoms with Gasteiger partial charge in [0.15, 0.2) is 0 Å².